The number of hydrogen-bond donors (Lipinski definition) is 2. The molecule has 32 heavy (non-hydrogen) atoms. The summed E-state index contributed by atoms with van der Waals surface area (Å²) >= 11 is 0. The number of ether oxygens (including phenoxy) is 1. The molecule has 1 saturated heterocycles. The molecule has 3 unspecified atom stereocenters. The average molecular weight is 443 g/mol. The molecule has 2 aliphatic rings. The molecular formula is C25H34N2O5. The molecular weight excluding hydrogens is 408 g/mol. The average Bonchev–Trinajstić information content (AvgIpc) is 3.29. The zero-order valence-corrected chi connectivity index (χ0v) is 18.6. The van der Waals surface area contributed by atoms with Gasteiger partial charge in [0.1, 0.15) is 6.10 Å². The normalized spacial score (nSPS) is 25.7. The lowest BCUT2D eigenvalue weighted by atomic mass is 9.98. The standard InChI is InChI=1S/C25H34N2O5/c28-18-21-13-9-15-27(21)23(29)16-20-12-5-2-1-3-8-14-24(30)32-22(17-26-25(20)31)19-10-6-4-7-11-19/h2,4-7,10-11,20-22,28H,1,3,8-9,12-18H2,(H,26,31). The van der Waals surface area contributed by atoms with E-state index in [1.165, 1.54) is 0 Å². The summed E-state index contributed by atoms with van der Waals surface area (Å²) < 4.78 is 5.68. The number of amides is 2. The lowest BCUT2D eigenvalue weighted by Crippen LogP contribution is -2.41. The number of benzene rings is 1. The summed E-state index contributed by atoms with van der Waals surface area (Å²) in [6.45, 7) is 0.735. The number of carbonyl (C=O) groups excluding carboxylic acids is 3. The SMILES string of the molecule is O=C1CCCCC=CCC(CC(=O)N2CCCC2CO)C(=O)NCC(c2ccccc2)O1. The first-order valence-electron chi connectivity index (χ1n) is 11.7. The van der Waals surface area contributed by atoms with Crippen LogP contribution in [0, 0.1) is 5.92 Å². The summed E-state index contributed by atoms with van der Waals surface area (Å²) in [5, 5.41) is 12.4. The topological polar surface area (TPSA) is 95.9 Å². The van der Waals surface area contributed by atoms with Crippen LogP contribution in [-0.2, 0) is 19.1 Å². The van der Waals surface area contributed by atoms with Gasteiger partial charge in [0, 0.05) is 19.4 Å². The van der Waals surface area contributed by atoms with Gasteiger partial charge in [-0.15, -0.1) is 0 Å². The lowest BCUT2D eigenvalue weighted by molar-refractivity contribution is -0.150. The molecule has 2 amide bonds. The number of cyclic esters (lactones) is 1. The zero-order valence-electron chi connectivity index (χ0n) is 18.6. The number of carbonyl (C=O) groups is 3. The number of nitrogens with one attached hydrogen (secondary N) is 1. The number of aliphatic hydroxyl groups is 1. The summed E-state index contributed by atoms with van der Waals surface area (Å²) in [4.78, 5) is 39.9. The van der Waals surface area contributed by atoms with Crippen LogP contribution in [0.25, 0.3) is 0 Å². The Balaban J connectivity index is 1.71. The Labute approximate surface area is 189 Å². The van der Waals surface area contributed by atoms with Crippen LogP contribution in [-0.4, -0.2) is 53.5 Å². The smallest absolute Gasteiger partial charge is 0.306 e. The Bertz CT molecular complexity index is 795. The summed E-state index contributed by atoms with van der Waals surface area (Å²) in [5.41, 5.74) is 0.823. The van der Waals surface area contributed by atoms with Crippen LogP contribution in [0.3, 0.4) is 0 Å². The number of rotatable bonds is 4. The molecule has 2 heterocycles. The van der Waals surface area contributed by atoms with Gasteiger partial charge in [-0.05, 0) is 44.1 Å². The molecule has 1 aromatic rings. The number of likely N-dealkylation sites (tertiary alicyclic amines) is 1. The van der Waals surface area contributed by atoms with E-state index in [0.717, 1.165) is 37.7 Å². The molecule has 1 aromatic carbocycles. The minimum absolute atomic E-state index is 0.0490. The first kappa shape index (κ1) is 24.0. The fraction of sp³-hybridized carbons (Fsp3) is 0.560. The van der Waals surface area contributed by atoms with Gasteiger partial charge in [0.05, 0.1) is 25.1 Å². The van der Waals surface area contributed by atoms with E-state index in [0.29, 0.717) is 19.4 Å². The van der Waals surface area contributed by atoms with Crippen molar-refractivity contribution < 1.29 is 24.2 Å². The third kappa shape index (κ3) is 6.92. The van der Waals surface area contributed by atoms with E-state index in [4.69, 9.17) is 4.74 Å². The molecule has 7 heteroatoms. The van der Waals surface area contributed by atoms with Crippen molar-refractivity contribution in [1.29, 1.82) is 0 Å². The van der Waals surface area contributed by atoms with E-state index in [-0.39, 0.29) is 43.4 Å². The van der Waals surface area contributed by atoms with Gasteiger partial charge in [0.15, 0.2) is 0 Å². The molecule has 2 aliphatic heterocycles. The Morgan fingerprint density at radius 3 is 2.72 bits per heavy atom. The van der Waals surface area contributed by atoms with Crippen molar-refractivity contribution in [3.63, 3.8) is 0 Å². The predicted octanol–water partition coefficient (Wildman–Crippen LogP) is 2.90. The van der Waals surface area contributed by atoms with E-state index in [1.807, 2.05) is 42.5 Å². The van der Waals surface area contributed by atoms with E-state index < -0.39 is 12.0 Å². The van der Waals surface area contributed by atoms with E-state index >= 15 is 0 Å². The largest absolute Gasteiger partial charge is 0.456 e. The van der Waals surface area contributed by atoms with E-state index in [9.17, 15) is 19.5 Å². The molecule has 0 bridgehead atoms. The van der Waals surface area contributed by atoms with Crippen molar-refractivity contribution in [2.24, 2.45) is 5.92 Å². The first-order chi connectivity index (χ1) is 15.6. The van der Waals surface area contributed by atoms with Gasteiger partial charge in [0.2, 0.25) is 11.8 Å². The van der Waals surface area contributed by atoms with Gasteiger partial charge in [-0.2, -0.15) is 0 Å². The van der Waals surface area contributed by atoms with Crippen molar-refractivity contribution in [2.75, 3.05) is 19.7 Å². The second-order valence-corrected chi connectivity index (χ2v) is 8.55. The highest BCUT2D eigenvalue weighted by atomic mass is 16.5. The van der Waals surface area contributed by atoms with Gasteiger partial charge < -0.3 is 20.1 Å². The zero-order chi connectivity index (χ0) is 22.8. The maximum Gasteiger partial charge on any atom is 0.306 e. The van der Waals surface area contributed by atoms with Crippen LogP contribution in [0.5, 0.6) is 0 Å². The first-order valence-corrected chi connectivity index (χ1v) is 11.7. The predicted molar refractivity (Wildman–Crippen MR) is 120 cm³/mol. The van der Waals surface area contributed by atoms with Gasteiger partial charge in [0.25, 0.3) is 0 Å². The Kier molecular flexibility index (Phi) is 9.28. The van der Waals surface area contributed by atoms with Crippen molar-refractivity contribution in [3.05, 3.63) is 48.0 Å². The number of aliphatic hydroxyl groups excluding tert-OH is 1. The molecule has 1 fully saturated rings. The second kappa shape index (κ2) is 12.4. The summed E-state index contributed by atoms with van der Waals surface area (Å²) in [6, 6.07) is 9.23. The Hall–Kier alpha value is -2.67. The molecule has 0 aliphatic carbocycles. The Morgan fingerprint density at radius 2 is 1.94 bits per heavy atom. The summed E-state index contributed by atoms with van der Waals surface area (Å²) in [7, 11) is 0. The number of esters is 1. The van der Waals surface area contributed by atoms with Crippen molar-refractivity contribution in [2.45, 2.75) is 63.5 Å². The van der Waals surface area contributed by atoms with E-state index in [2.05, 4.69) is 5.32 Å². The summed E-state index contributed by atoms with van der Waals surface area (Å²) in [5.74, 6) is -1.10. The van der Waals surface area contributed by atoms with Gasteiger partial charge >= 0.3 is 5.97 Å². The molecule has 7 nitrogen and oxygen atoms in total. The molecule has 0 radical (unpaired) electrons. The monoisotopic (exact) mass is 442 g/mol. The lowest BCUT2D eigenvalue weighted by Gasteiger charge is -2.26. The van der Waals surface area contributed by atoms with Crippen LogP contribution in [0.2, 0.25) is 0 Å². The maximum atomic E-state index is 13.0. The highest BCUT2D eigenvalue weighted by Gasteiger charge is 2.31. The highest BCUT2D eigenvalue weighted by Crippen LogP contribution is 2.22. The second-order valence-electron chi connectivity index (χ2n) is 8.55. The van der Waals surface area contributed by atoms with Crippen molar-refractivity contribution in [1.82, 2.24) is 10.2 Å². The molecule has 0 saturated carbocycles. The molecule has 2 N–H and O–H groups in total. The van der Waals surface area contributed by atoms with Gasteiger partial charge in [-0.25, -0.2) is 0 Å². The third-order valence-electron chi connectivity index (χ3n) is 6.20. The molecule has 3 atom stereocenters. The van der Waals surface area contributed by atoms with Crippen LogP contribution in [0.4, 0.5) is 0 Å². The van der Waals surface area contributed by atoms with Crippen LogP contribution in [0.15, 0.2) is 42.5 Å². The van der Waals surface area contributed by atoms with E-state index in [1.54, 1.807) is 4.90 Å². The Morgan fingerprint density at radius 1 is 1.12 bits per heavy atom. The molecule has 174 valence electrons. The molecule has 0 spiro atoms. The fourth-order valence-electron chi connectivity index (χ4n) is 4.33. The van der Waals surface area contributed by atoms with Gasteiger partial charge in [-0.1, -0.05) is 42.5 Å². The quantitative estimate of drug-likeness (QED) is 0.552. The minimum atomic E-state index is -0.570. The molecule has 3 rings (SSSR count). The number of nitrogens with zero attached hydrogens (tertiary/aromatic N) is 1. The molecule has 0 aromatic heterocycles. The third-order valence-corrected chi connectivity index (χ3v) is 6.20. The highest BCUT2D eigenvalue weighted by molar-refractivity contribution is 5.86. The van der Waals surface area contributed by atoms with Gasteiger partial charge in [-0.3, -0.25) is 14.4 Å². The van der Waals surface area contributed by atoms with Crippen LogP contribution >= 0.6 is 0 Å². The fourth-order valence-corrected chi connectivity index (χ4v) is 4.33. The minimum Gasteiger partial charge on any atom is -0.456 e. The van der Waals surface area contributed by atoms with Crippen LogP contribution in [0.1, 0.15) is 63.0 Å². The van der Waals surface area contributed by atoms with Crippen molar-refractivity contribution in [3.8, 4) is 0 Å². The van der Waals surface area contributed by atoms with Crippen molar-refractivity contribution >= 4 is 17.8 Å². The maximum absolute atomic E-state index is 13.0. The number of allylic oxidation sites excluding steroid dienone is 2. The summed E-state index contributed by atoms with van der Waals surface area (Å²) in [6.07, 6.45) is 8.43. The van der Waals surface area contributed by atoms with Crippen LogP contribution < -0.4 is 5.32 Å². The number of hydrogen-bond acceptors (Lipinski definition) is 5.